The van der Waals surface area contributed by atoms with Gasteiger partial charge >= 0.3 is 5.97 Å². The number of guanidine groups is 1. The number of piperazine rings is 1. The number of nitrogens with one attached hydrogen (secondary N) is 1. The maximum absolute atomic E-state index is 13.2. The van der Waals surface area contributed by atoms with Gasteiger partial charge < -0.3 is 25.0 Å². The standard InChI is InChI=1S/C23H29FN4O3/c1-2-31-17-3-12-25-23(26-20-8-4-18(5-9-20)22(29)30)28-15-13-27(14-16-28)21-10-6-19(24)7-11-21/h4-11H,2-3,12-17H2,1H3,(H,25,26)(H,29,30). The fraction of sp³-hybridized carbons (Fsp3) is 0.391. The van der Waals surface area contributed by atoms with E-state index in [9.17, 15) is 9.18 Å². The summed E-state index contributed by atoms with van der Waals surface area (Å²) in [6.07, 6.45) is 0.826. The van der Waals surface area contributed by atoms with Crippen LogP contribution in [-0.2, 0) is 4.74 Å². The minimum atomic E-state index is -0.951. The van der Waals surface area contributed by atoms with Gasteiger partial charge in [-0.3, -0.25) is 4.99 Å². The van der Waals surface area contributed by atoms with Crippen molar-refractivity contribution >= 4 is 23.3 Å². The first kappa shape index (κ1) is 22.6. The summed E-state index contributed by atoms with van der Waals surface area (Å²) in [5.41, 5.74) is 2.04. The minimum absolute atomic E-state index is 0.234. The monoisotopic (exact) mass is 428 g/mol. The first-order valence-corrected chi connectivity index (χ1v) is 10.5. The van der Waals surface area contributed by atoms with Crippen molar-refractivity contribution in [3.05, 3.63) is 59.9 Å². The molecule has 2 aromatic rings. The van der Waals surface area contributed by atoms with Gasteiger partial charge in [0.2, 0.25) is 0 Å². The largest absolute Gasteiger partial charge is 0.478 e. The van der Waals surface area contributed by atoms with Gasteiger partial charge in [0, 0.05) is 57.3 Å². The lowest BCUT2D eigenvalue weighted by Crippen LogP contribution is -2.50. The zero-order valence-electron chi connectivity index (χ0n) is 17.8. The van der Waals surface area contributed by atoms with Crippen LogP contribution in [0.2, 0.25) is 0 Å². The van der Waals surface area contributed by atoms with E-state index in [1.807, 2.05) is 6.92 Å². The molecule has 0 atom stereocenters. The Bertz CT molecular complexity index is 863. The summed E-state index contributed by atoms with van der Waals surface area (Å²) in [4.78, 5) is 20.2. The van der Waals surface area contributed by atoms with Gasteiger partial charge in [0.15, 0.2) is 5.96 Å². The summed E-state index contributed by atoms with van der Waals surface area (Å²) in [7, 11) is 0. The van der Waals surface area contributed by atoms with Crippen molar-refractivity contribution in [3.8, 4) is 0 Å². The third kappa shape index (κ3) is 6.68. The van der Waals surface area contributed by atoms with E-state index in [-0.39, 0.29) is 11.4 Å². The van der Waals surface area contributed by atoms with Gasteiger partial charge in [0.25, 0.3) is 0 Å². The molecule has 1 heterocycles. The Balaban J connectivity index is 1.65. The molecule has 0 amide bonds. The lowest BCUT2D eigenvalue weighted by molar-refractivity contribution is 0.0697. The molecule has 1 fully saturated rings. The lowest BCUT2D eigenvalue weighted by Gasteiger charge is -2.37. The van der Waals surface area contributed by atoms with Gasteiger partial charge in [-0.05, 0) is 61.9 Å². The van der Waals surface area contributed by atoms with Crippen LogP contribution >= 0.6 is 0 Å². The van der Waals surface area contributed by atoms with Crippen molar-refractivity contribution in [2.45, 2.75) is 13.3 Å². The summed E-state index contributed by atoms with van der Waals surface area (Å²) in [6, 6.07) is 13.2. The van der Waals surface area contributed by atoms with Crippen LogP contribution < -0.4 is 10.2 Å². The van der Waals surface area contributed by atoms with E-state index in [2.05, 4.69) is 15.1 Å². The van der Waals surface area contributed by atoms with Crippen LogP contribution in [0.25, 0.3) is 0 Å². The van der Waals surface area contributed by atoms with E-state index >= 15 is 0 Å². The maximum atomic E-state index is 13.2. The molecule has 3 rings (SSSR count). The smallest absolute Gasteiger partial charge is 0.335 e. The van der Waals surface area contributed by atoms with E-state index < -0.39 is 5.97 Å². The zero-order chi connectivity index (χ0) is 22.1. The van der Waals surface area contributed by atoms with E-state index in [0.717, 1.165) is 49.9 Å². The van der Waals surface area contributed by atoms with Gasteiger partial charge in [-0.2, -0.15) is 0 Å². The number of ether oxygens (including phenoxy) is 1. The Kier molecular flexibility index (Phi) is 8.23. The average Bonchev–Trinajstić information content (AvgIpc) is 2.79. The molecule has 0 bridgehead atoms. The maximum Gasteiger partial charge on any atom is 0.335 e. The van der Waals surface area contributed by atoms with Crippen molar-refractivity contribution in [2.24, 2.45) is 4.99 Å². The second-order valence-corrected chi connectivity index (χ2v) is 7.21. The predicted octanol–water partition coefficient (Wildman–Crippen LogP) is 3.54. The second-order valence-electron chi connectivity index (χ2n) is 7.21. The van der Waals surface area contributed by atoms with Crippen LogP contribution in [0.3, 0.4) is 0 Å². The number of benzene rings is 2. The summed E-state index contributed by atoms with van der Waals surface area (Å²) >= 11 is 0. The Morgan fingerprint density at radius 1 is 1.10 bits per heavy atom. The highest BCUT2D eigenvalue weighted by molar-refractivity contribution is 5.94. The molecule has 1 aliphatic rings. The molecule has 0 radical (unpaired) electrons. The van der Waals surface area contributed by atoms with E-state index in [1.165, 1.54) is 12.1 Å². The molecule has 0 aromatic heterocycles. The molecule has 1 saturated heterocycles. The Hall–Kier alpha value is -3.13. The topological polar surface area (TPSA) is 77.4 Å². The van der Waals surface area contributed by atoms with Gasteiger partial charge in [0.1, 0.15) is 5.82 Å². The summed E-state index contributed by atoms with van der Waals surface area (Å²) in [5.74, 6) is -0.423. The molecule has 31 heavy (non-hydrogen) atoms. The quantitative estimate of drug-likeness (QED) is 0.381. The number of aliphatic imine (C=N–C) groups is 1. The van der Waals surface area contributed by atoms with Crippen molar-refractivity contribution in [2.75, 3.05) is 56.2 Å². The molecule has 166 valence electrons. The molecule has 2 N–H and O–H groups in total. The molecule has 0 unspecified atom stereocenters. The van der Waals surface area contributed by atoms with Crippen LogP contribution in [-0.4, -0.2) is 67.9 Å². The average molecular weight is 429 g/mol. The summed E-state index contributed by atoms with van der Waals surface area (Å²) in [6.45, 7) is 7.08. The van der Waals surface area contributed by atoms with Gasteiger partial charge in [-0.25, -0.2) is 9.18 Å². The summed E-state index contributed by atoms with van der Waals surface area (Å²) < 4.78 is 18.6. The van der Waals surface area contributed by atoms with Gasteiger partial charge in [-0.15, -0.1) is 0 Å². The molecule has 1 aliphatic heterocycles. The predicted molar refractivity (Wildman–Crippen MR) is 121 cm³/mol. The number of rotatable bonds is 8. The van der Waals surface area contributed by atoms with Crippen LogP contribution in [0.5, 0.6) is 0 Å². The van der Waals surface area contributed by atoms with E-state index in [0.29, 0.717) is 19.8 Å². The molecular weight excluding hydrogens is 399 g/mol. The number of hydrogen-bond acceptors (Lipinski definition) is 4. The Labute approximate surface area is 182 Å². The van der Waals surface area contributed by atoms with Crippen molar-refractivity contribution in [1.82, 2.24) is 4.90 Å². The van der Waals surface area contributed by atoms with Gasteiger partial charge in [0.05, 0.1) is 5.56 Å². The number of carboxylic acid groups (broad SMARTS) is 1. The first-order chi connectivity index (χ1) is 15.1. The number of halogens is 1. The molecule has 2 aromatic carbocycles. The van der Waals surface area contributed by atoms with Crippen LogP contribution in [0.1, 0.15) is 23.7 Å². The molecule has 7 nitrogen and oxygen atoms in total. The van der Waals surface area contributed by atoms with E-state index in [1.54, 1.807) is 36.4 Å². The normalized spacial score (nSPS) is 14.6. The third-order valence-electron chi connectivity index (χ3n) is 5.07. The lowest BCUT2D eigenvalue weighted by atomic mass is 10.2. The van der Waals surface area contributed by atoms with Crippen LogP contribution in [0, 0.1) is 5.82 Å². The van der Waals surface area contributed by atoms with E-state index in [4.69, 9.17) is 14.8 Å². The number of hydrogen-bond donors (Lipinski definition) is 2. The Morgan fingerprint density at radius 2 is 1.77 bits per heavy atom. The van der Waals surface area contributed by atoms with Crippen LogP contribution in [0.4, 0.5) is 15.8 Å². The number of aromatic carboxylic acids is 1. The fourth-order valence-corrected chi connectivity index (χ4v) is 3.37. The number of nitrogens with zero attached hydrogens (tertiary/aromatic N) is 3. The Morgan fingerprint density at radius 3 is 2.39 bits per heavy atom. The van der Waals surface area contributed by atoms with Crippen molar-refractivity contribution in [1.29, 1.82) is 0 Å². The number of carbonyl (C=O) groups is 1. The molecule has 0 spiro atoms. The fourth-order valence-electron chi connectivity index (χ4n) is 3.37. The van der Waals surface area contributed by atoms with Gasteiger partial charge in [-0.1, -0.05) is 0 Å². The third-order valence-corrected chi connectivity index (χ3v) is 5.07. The SMILES string of the molecule is CCOCCCN=C(Nc1ccc(C(=O)O)cc1)N1CCN(c2ccc(F)cc2)CC1. The molecule has 0 aliphatic carbocycles. The number of carboxylic acids is 1. The van der Waals surface area contributed by atoms with Crippen molar-refractivity contribution < 1.29 is 19.0 Å². The van der Waals surface area contributed by atoms with Crippen LogP contribution in [0.15, 0.2) is 53.5 Å². The number of anilines is 2. The molecule has 0 saturated carbocycles. The minimum Gasteiger partial charge on any atom is -0.478 e. The highest BCUT2D eigenvalue weighted by Crippen LogP contribution is 2.18. The highest BCUT2D eigenvalue weighted by Gasteiger charge is 2.20. The second kappa shape index (κ2) is 11.3. The highest BCUT2D eigenvalue weighted by atomic mass is 19.1. The zero-order valence-corrected chi connectivity index (χ0v) is 17.8. The summed E-state index contributed by atoms with van der Waals surface area (Å²) in [5, 5.41) is 12.4. The van der Waals surface area contributed by atoms with Crippen molar-refractivity contribution in [3.63, 3.8) is 0 Å². The first-order valence-electron chi connectivity index (χ1n) is 10.5. The molecule has 8 heteroatoms. The molecular formula is C23H29FN4O3.